The monoisotopic (exact) mass is 283 g/mol. The summed E-state index contributed by atoms with van der Waals surface area (Å²) in [6.07, 6.45) is 0.923. The Morgan fingerprint density at radius 1 is 1.19 bits per heavy atom. The van der Waals surface area contributed by atoms with Crippen LogP contribution in [0.15, 0.2) is 12.3 Å². The molecule has 16 heavy (non-hydrogen) atoms. The summed E-state index contributed by atoms with van der Waals surface area (Å²) in [6.45, 7) is 0. The first-order valence-electron chi connectivity index (χ1n) is 3.77. The van der Waals surface area contributed by atoms with Gasteiger partial charge in [-0.1, -0.05) is 34.8 Å². The van der Waals surface area contributed by atoms with Crippen molar-refractivity contribution in [1.82, 2.24) is 4.98 Å². The number of carbonyl (C=O) groups is 2. The van der Waals surface area contributed by atoms with E-state index >= 15 is 0 Å². The first-order valence-corrected chi connectivity index (χ1v) is 4.90. The van der Waals surface area contributed by atoms with Gasteiger partial charge in [0.25, 0.3) is 0 Å². The van der Waals surface area contributed by atoms with E-state index in [1.807, 2.05) is 0 Å². The Morgan fingerprint density at radius 2 is 1.75 bits per heavy atom. The Morgan fingerprint density at radius 3 is 2.12 bits per heavy atom. The van der Waals surface area contributed by atoms with Crippen LogP contribution in [0.3, 0.4) is 0 Å². The van der Waals surface area contributed by atoms with Gasteiger partial charge in [0.1, 0.15) is 5.69 Å². The quantitative estimate of drug-likeness (QED) is 0.814. The molecule has 0 bridgehead atoms. The maximum absolute atomic E-state index is 10.8. The number of hydrogen-bond acceptors (Lipinski definition) is 3. The number of pyridine rings is 1. The molecule has 0 aliphatic rings. The summed E-state index contributed by atoms with van der Waals surface area (Å²) in [5.74, 6) is -2.73. The second-order valence-electron chi connectivity index (χ2n) is 2.73. The molecule has 0 fully saturated rings. The molecule has 0 aliphatic carbocycles. The van der Waals surface area contributed by atoms with Gasteiger partial charge in [0.15, 0.2) is 0 Å². The molecule has 1 rings (SSSR count). The second-order valence-corrected chi connectivity index (χ2v) is 5.01. The van der Waals surface area contributed by atoms with Crippen LogP contribution >= 0.6 is 34.8 Å². The minimum Gasteiger partial charge on any atom is -0.478 e. The van der Waals surface area contributed by atoms with E-state index in [1.54, 1.807) is 0 Å². The van der Waals surface area contributed by atoms with Crippen molar-refractivity contribution in [3.8, 4) is 0 Å². The van der Waals surface area contributed by atoms with E-state index in [0.717, 1.165) is 12.3 Å². The lowest BCUT2D eigenvalue weighted by atomic mass is 10.1. The number of aromatic nitrogens is 1. The van der Waals surface area contributed by atoms with Crippen molar-refractivity contribution in [2.45, 2.75) is 3.79 Å². The summed E-state index contributed by atoms with van der Waals surface area (Å²) >= 11 is 16.5. The fraction of sp³-hybridized carbons (Fsp3) is 0.125. The number of carboxylic acids is 2. The molecular weight excluding hydrogens is 280 g/mol. The number of carboxylic acid groups (broad SMARTS) is 2. The zero-order valence-electron chi connectivity index (χ0n) is 7.45. The molecule has 1 aromatic heterocycles. The summed E-state index contributed by atoms with van der Waals surface area (Å²) in [7, 11) is 0. The summed E-state index contributed by atoms with van der Waals surface area (Å²) in [5, 5.41) is 17.5. The average molecular weight is 284 g/mol. The zero-order chi connectivity index (χ0) is 12.5. The molecule has 0 aromatic carbocycles. The lowest BCUT2D eigenvalue weighted by molar-refractivity contribution is 0.0695. The fourth-order valence-electron chi connectivity index (χ4n) is 0.971. The standard InChI is InChI=1S/C8H4Cl3NO4/c9-8(10,11)5-4(7(15)16)1-3(2-12-5)6(13)14/h1-2H,(H,13,14)(H,15,16). The molecule has 1 heterocycles. The Labute approximate surface area is 105 Å². The van der Waals surface area contributed by atoms with Gasteiger partial charge in [0.05, 0.1) is 11.1 Å². The van der Waals surface area contributed by atoms with E-state index in [0.29, 0.717) is 0 Å². The van der Waals surface area contributed by atoms with Crippen LogP contribution in [0.4, 0.5) is 0 Å². The second kappa shape index (κ2) is 4.45. The van der Waals surface area contributed by atoms with E-state index in [-0.39, 0.29) is 11.3 Å². The van der Waals surface area contributed by atoms with Gasteiger partial charge in [-0.15, -0.1) is 0 Å². The Bertz CT molecular complexity index is 455. The van der Waals surface area contributed by atoms with Gasteiger partial charge in [-0.25, -0.2) is 9.59 Å². The maximum Gasteiger partial charge on any atom is 0.337 e. The first kappa shape index (κ1) is 13.0. The lowest BCUT2D eigenvalue weighted by Crippen LogP contribution is -2.14. The highest BCUT2D eigenvalue weighted by Gasteiger charge is 2.31. The highest BCUT2D eigenvalue weighted by Crippen LogP contribution is 2.38. The summed E-state index contributed by atoms with van der Waals surface area (Å²) in [5.41, 5.74) is -1.08. The van der Waals surface area contributed by atoms with Crippen molar-refractivity contribution in [3.05, 3.63) is 29.1 Å². The highest BCUT2D eigenvalue weighted by atomic mass is 35.6. The van der Waals surface area contributed by atoms with Gasteiger partial charge in [-0.2, -0.15) is 0 Å². The van der Waals surface area contributed by atoms with Crippen molar-refractivity contribution >= 4 is 46.7 Å². The Balaban J connectivity index is 3.43. The van der Waals surface area contributed by atoms with E-state index in [4.69, 9.17) is 45.0 Å². The van der Waals surface area contributed by atoms with E-state index in [2.05, 4.69) is 4.98 Å². The minimum absolute atomic E-state index is 0.296. The molecule has 2 N–H and O–H groups in total. The van der Waals surface area contributed by atoms with Crippen LogP contribution in [0, 0.1) is 0 Å². The molecule has 0 spiro atoms. The molecule has 0 amide bonds. The summed E-state index contributed by atoms with van der Waals surface area (Å²) in [4.78, 5) is 25.0. The lowest BCUT2D eigenvalue weighted by Gasteiger charge is -2.13. The van der Waals surface area contributed by atoms with E-state index < -0.39 is 21.3 Å². The molecule has 8 heteroatoms. The van der Waals surface area contributed by atoms with Crippen LogP contribution < -0.4 is 0 Å². The molecular formula is C8H4Cl3NO4. The first-order chi connectivity index (χ1) is 7.23. The number of alkyl halides is 3. The molecule has 0 aliphatic heterocycles. The van der Waals surface area contributed by atoms with E-state index in [1.165, 1.54) is 0 Å². The number of nitrogens with zero attached hydrogens (tertiary/aromatic N) is 1. The van der Waals surface area contributed by atoms with Crippen LogP contribution in [0.2, 0.25) is 0 Å². The smallest absolute Gasteiger partial charge is 0.337 e. The van der Waals surface area contributed by atoms with Crippen LogP contribution in [-0.4, -0.2) is 27.1 Å². The predicted octanol–water partition coefficient (Wildman–Crippen LogP) is 2.30. The van der Waals surface area contributed by atoms with Crippen molar-refractivity contribution in [2.24, 2.45) is 0 Å². The molecule has 1 aromatic rings. The van der Waals surface area contributed by atoms with Crippen molar-refractivity contribution in [3.63, 3.8) is 0 Å². The zero-order valence-corrected chi connectivity index (χ0v) is 9.71. The fourth-order valence-corrected chi connectivity index (χ4v) is 1.42. The third-order valence-electron chi connectivity index (χ3n) is 1.63. The van der Waals surface area contributed by atoms with Crippen LogP contribution in [0.25, 0.3) is 0 Å². The topological polar surface area (TPSA) is 87.5 Å². The molecule has 0 saturated heterocycles. The van der Waals surface area contributed by atoms with Crippen molar-refractivity contribution in [1.29, 1.82) is 0 Å². The van der Waals surface area contributed by atoms with Crippen molar-refractivity contribution < 1.29 is 19.8 Å². The van der Waals surface area contributed by atoms with Gasteiger partial charge < -0.3 is 10.2 Å². The number of hydrogen-bond donors (Lipinski definition) is 2. The molecule has 86 valence electrons. The van der Waals surface area contributed by atoms with Crippen LogP contribution in [0.5, 0.6) is 0 Å². The molecule has 5 nitrogen and oxygen atoms in total. The van der Waals surface area contributed by atoms with Gasteiger partial charge in [-0.05, 0) is 6.07 Å². The summed E-state index contributed by atoms with van der Waals surface area (Å²) < 4.78 is -2.02. The number of aromatic carboxylic acids is 2. The molecule has 0 radical (unpaired) electrons. The molecule has 0 atom stereocenters. The SMILES string of the molecule is O=C(O)c1cnc(C(Cl)(Cl)Cl)c(C(=O)O)c1. The average Bonchev–Trinajstić information content (AvgIpc) is 2.15. The predicted molar refractivity (Wildman–Crippen MR) is 57.4 cm³/mol. The number of rotatable bonds is 2. The van der Waals surface area contributed by atoms with Crippen molar-refractivity contribution in [2.75, 3.05) is 0 Å². The third-order valence-corrected chi connectivity index (χ3v) is 2.17. The normalized spacial score (nSPS) is 11.2. The van der Waals surface area contributed by atoms with Gasteiger partial charge in [0.2, 0.25) is 3.79 Å². The van der Waals surface area contributed by atoms with E-state index in [9.17, 15) is 9.59 Å². The van der Waals surface area contributed by atoms with Gasteiger partial charge in [-0.3, -0.25) is 4.98 Å². The minimum atomic E-state index is -2.02. The third kappa shape index (κ3) is 2.75. The van der Waals surface area contributed by atoms with Gasteiger partial charge in [0, 0.05) is 6.20 Å². The molecule has 0 unspecified atom stereocenters. The van der Waals surface area contributed by atoms with Crippen LogP contribution in [0.1, 0.15) is 26.4 Å². The summed E-state index contributed by atoms with van der Waals surface area (Å²) in [6, 6.07) is 0.884. The Kier molecular flexibility index (Phi) is 3.62. The van der Waals surface area contributed by atoms with Gasteiger partial charge >= 0.3 is 11.9 Å². The largest absolute Gasteiger partial charge is 0.478 e. The maximum atomic E-state index is 10.8. The van der Waals surface area contributed by atoms with Crippen LogP contribution in [-0.2, 0) is 3.79 Å². The Hall–Kier alpha value is -1.04. The molecule has 0 saturated carbocycles. The number of halogens is 3. The highest BCUT2D eigenvalue weighted by molar-refractivity contribution is 6.66.